The van der Waals surface area contributed by atoms with Crippen LogP contribution in [0.2, 0.25) is 0 Å². The van der Waals surface area contributed by atoms with Crippen molar-refractivity contribution >= 4 is 37.6 Å². The van der Waals surface area contributed by atoms with E-state index < -0.39 is 10.0 Å². The second kappa shape index (κ2) is 12.2. The number of para-hydroxylation sites is 1. The van der Waals surface area contributed by atoms with E-state index in [1.807, 2.05) is 68.6 Å². The van der Waals surface area contributed by atoms with Gasteiger partial charge in [-0.15, -0.1) is 0 Å². The number of fused-ring (bicyclic) bond motifs is 2. The van der Waals surface area contributed by atoms with Gasteiger partial charge in [-0.1, -0.05) is 80.6 Å². The van der Waals surface area contributed by atoms with Crippen molar-refractivity contribution in [3.63, 3.8) is 0 Å². The molecule has 5 aromatic rings. The van der Waals surface area contributed by atoms with Crippen LogP contribution in [0, 0.1) is 11.7 Å². The second-order valence-corrected chi connectivity index (χ2v) is 12.6. The van der Waals surface area contributed by atoms with E-state index >= 15 is 0 Å². The maximum Gasteiger partial charge on any atom is 0.244 e. The lowest BCUT2D eigenvalue weighted by atomic mass is 10.1. The molecule has 1 aromatic heterocycles. The monoisotopic (exact) mass is 571 g/mol. The molecular weight excluding hydrogens is 537 g/mol. The van der Waals surface area contributed by atoms with Gasteiger partial charge in [0.15, 0.2) is 0 Å². The molecule has 41 heavy (non-hydrogen) atoms. The molecule has 1 N–H and O–H groups in total. The number of rotatable bonds is 11. The first-order valence-electron chi connectivity index (χ1n) is 13.8. The maximum absolute atomic E-state index is 14.0. The highest BCUT2D eigenvalue weighted by atomic mass is 32.2. The van der Waals surface area contributed by atoms with Crippen LogP contribution in [0.5, 0.6) is 0 Å². The van der Waals surface area contributed by atoms with Crippen molar-refractivity contribution in [1.82, 2.24) is 14.2 Å². The zero-order valence-electron chi connectivity index (χ0n) is 23.3. The Morgan fingerprint density at radius 3 is 2.32 bits per heavy atom. The van der Waals surface area contributed by atoms with E-state index in [1.165, 1.54) is 16.4 Å². The molecule has 6 nitrogen and oxygen atoms in total. The number of carbonyl (C=O) groups excluding carboxylic acids is 1. The fourth-order valence-corrected chi connectivity index (χ4v) is 6.93. The summed E-state index contributed by atoms with van der Waals surface area (Å²) in [5.41, 5.74) is 2.86. The van der Waals surface area contributed by atoms with Crippen molar-refractivity contribution in [2.24, 2.45) is 5.92 Å². The molecule has 1 heterocycles. The molecule has 0 saturated carbocycles. The van der Waals surface area contributed by atoms with Crippen LogP contribution in [-0.4, -0.2) is 48.1 Å². The molecule has 0 saturated heterocycles. The molecule has 0 fully saturated rings. The summed E-state index contributed by atoms with van der Waals surface area (Å²) in [5, 5.41) is 2.53. The smallest absolute Gasteiger partial charge is 0.244 e. The van der Waals surface area contributed by atoms with Gasteiger partial charge < -0.3 is 9.88 Å². The number of sulfonamides is 1. The number of carbonyl (C=O) groups is 1. The highest BCUT2D eigenvalue weighted by molar-refractivity contribution is 7.89. The van der Waals surface area contributed by atoms with E-state index in [2.05, 4.69) is 4.98 Å². The Morgan fingerprint density at radius 1 is 0.878 bits per heavy atom. The Morgan fingerprint density at radius 2 is 1.56 bits per heavy atom. The van der Waals surface area contributed by atoms with Gasteiger partial charge in [0, 0.05) is 42.1 Å². The van der Waals surface area contributed by atoms with Crippen LogP contribution in [0.1, 0.15) is 25.0 Å². The van der Waals surface area contributed by atoms with Gasteiger partial charge in [0.2, 0.25) is 15.9 Å². The standard InChI is InChI=1S/C33H34FN3O3S/c1-24(2)21-37(41(39,40)32-13-7-9-26-8-3-4-11-30(26)32)23-33(38)36(22-25-14-16-28(34)17-15-25)19-18-27-20-35-31-12-6-5-10-29(27)31/h3-17,20,24,35H,18-19,21-23H2,1-2H3. The SMILES string of the molecule is CC(C)CN(CC(=O)N(CCc1c[nH]c2ccccc12)Cc1ccc(F)cc1)S(=O)(=O)c1cccc2ccccc12. The molecule has 5 rings (SSSR count). The summed E-state index contributed by atoms with van der Waals surface area (Å²) in [6, 6.07) is 26.6. The largest absolute Gasteiger partial charge is 0.361 e. The molecule has 0 bridgehead atoms. The highest BCUT2D eigenvalue weighted by Crippen LogP contribution is 2.27. The first-order chi connectivity index (χ1) is 19.7. The molecule has 1 amide bonds. The van der Waals surface area contributed by atoms with Gasteiger partial charge in [-0.25, -0.2) is 12.8 Å². The summed E-state index contributed by atoms with van der Waals surface area (Å²) in [7, 11) is -3.99. The van der Waals surface area contributed by atoms with Crippen LogP contribution >= 0.6 is 0 Å². The zero-order valence-corrected chi connectivity index (χ0v) is 24.1. The number of nitrogens with one attached hydrogen (secondary N) is 1. The van der Waals surface area contributed by atoms with E-state index in [1.54, 1.807) is 35.2 Å². The number of hydrogen-bond acceptors (Lipinski definition) is 3. The topological polar surface area (TPSA) is 73.5 Å². The molecule has 0 aliphatic rings. The van der Waals surface area contributed by atoms with Crippen LogP contribution in [-0.2, 0) is 27.8 Å². The van der Waals surface area contributed by atoms with Crippen LogP contribution < -0.4 is 0 Å². The minimum atomic E-state index is -3.99. The number of amides is 1. The number of H-pyrrole nitrogens is 1. The van der Waals surface area contributed by atoms with E-state index in [0.717, 1.165) is 27.4 Å². The van der Waals surface area contributed by atoms with Crippen molar-refractivity contribution in [3.8, 4) is 0 Å². The van der Waals surface area contributed by atoms with Crippen molar-refractivity contribution in [2.45, 2.75) is 31.7 Å². The van der Waals surface area contributed by atoms with Crippen LogP contribution in [0.4, 0.5) is 4.39 Å². The molecule has 0 aliphatic heterocycles. The Kier molecular flexibility index (Phi) is 8.52. The minimum Gasteiger partial charge on any atom is -0.361 e. The van der Waals surface area contributed by atoms with E-state index in [0.29, 0.717) is 18.4 Å². The average Bonchev–Trinajstić information content (AvgIpc) is 3.38. The van der Waals surface area contributed by atoms with Crippen molar-refractivity contribution in [3.05, 3.63) is 114 Å². The van der Waals surface area contributed by atoms with Gasteiger partial charge in [0.25, 0.3) is 0 Å². The number of nitrogens with zero attached hydrogens (tertiary/aromatic N) is 2. The van der Waals surface area contributed by atoms with E-state index in [-0.39, 0.29) is 42.2 Å². The fourth-order valence-electron chi connectivity index (χ4n) is 5.16. The third-order valence-corrected chi connectivity index (χ3v) is 9.08. The third-order valence-electron chi connectivity index (χ3n) is 7.21. The lowest BCUT2D eigenvalue weighted by molar-refractivity contribution is -0.132. The van der Waals surface area contributed by atoms with Crippen LogP contribution in [0.15, 0.2) is 102 Å². The molecule has 0 radical (unpaired) electrons. The van der Waals surface area contributed by atoms with E-state index in [9.17, 15) is 17.6 Å². The van der Waals surface area contributed by atoms with Crippen molar-refractivity contribution in [1.29, 1.82) is 0 Å². The second-order valence-electron chi connectivity index (χ2n) is 10.7. The van der Waals surface area contributed by atoms with Crippen LogP contribution in [0.3, 0.4) is 0 Å². The lowest BCUT2D eigenvalue weighted by Gasteiger charge is -2.28. The molecule has 8 heteroatoms. The Hall–Kier alpha value is -4.01. The average molecular weight is 572 g/mol. The first kappa shape index (κ1) is 28.5. The molecule has 0 atom stereocenters. The summed E-state index contributed by atoms with van der Waals surface area (Å²) in [6.45, 7) is 4.39. The van der Waals surface area contributed by atoms with E-state index in [4.69, 9.17) is 0 Å². The minimum absolute atomic E-state index is 0.00400. The Bertz CT molecular complexity index is 1760. The predicted molar refractivity (Wildman–Crippen MR) is 161 cm³/mol. The van der Waals surface area contributed by atoms with Gasteiger partial charge in [0.1, 0.15) is 5.82 Å². The van der Waals surface area contributed by atoms with Gasteiger partial charge in [-0.2, -0.15) is 4.31 Å². The number of aromatic amines is 1. The highest BCUT2D eigenvalue weighted by Gasteiger charge is 2.30. The number of benzene rings is 4. The molecule has 0 unspecified atom stereocenters. The summed E-state index contributed by atoms with van der Waals surface area (Å²) >= 11 is 0. The molecule has 212 valence electrons. The first-order valence-corrected chi connectivity index (χ1v) is 15.2. The predicted octanol–water partition coefficient (Wildman–Crippen LogP) is 6.38. The van der Waals surface area contributed by atoms with Gasteiger partial charge in [0.05, 0.1) is 11.4 Å². The number of halogens is 1. The fraction of sp³-hybridized carbons (Fsp3) is 0.242. The van der Waals surface area contributed by atoms with Crippen molar-refractivity contribution in [2.75, 3.05) is 19.6 Å². The number of hydrogen-bond donors (Lipinski definition) is 1. The summed E-state index contributed by atoms with van der Waals surface area (Å²) in [4.78, 5) is 19.0. The van der Waals surface area contributed by atoms with Gasteiger partial charge in [-0.3, -0.25) is 4.79 Å². The maximum atomic E-state index is 14.0. The molecule has 4 aromatic carbocycles. The van der Waals surface area contributed by atoms with Gasteiger partial charge >= 0.3 is 0 Å². The van der Waals surface area contributed by atoms with Crippen LogP contribution in [0.25, 0.3) is 21.7 Å². The molecular formula is C33H34FN3O3S. The quantitative estimate of drug-likeness (QED) is 0.200. The Labute approximate surface area is 240 Å². The Balaban J connectivity index is 1.44. The third kappa shape index (κ3) is 6.50. The zero-order chi connectivity index (χ0) is 29.0. The lowest BCUT2D eigenvalue weighted by Crippen LogP contribution is -2.44. The molecule has 0 spiro atoms. The summed E-state index contributed by atoms with van der Waals surface area (Å²) in [6.07, 6.45) is 2.53. The van der Waals surface area contributed by atoms with Crippen molar-refractivity contribution < 1.29 is 17.6 Å². The summed E-state index contributed by atoms with van der Waals surface area (Å²) < 4.78 is 43.0. The normalized spacial score (nSPS) is 12.0. The number of aromatic nitrogens is 1. The summed E-state index contributed by atoms with van der Waals surface area (Å²) in [5.74, 6) is -0.655. The van der Waals surface area contributed by atoms with Gasteiger partial charge in [-0.05, 0) is 53.1 Å². The molecule has 0 aliphatic carbocycles.